The Morgan fingerprint density at radius 1 is 1.39 bits per heavy atom. The van der Waals surface area contributed by atoms with Gasteiger partial charge in [-0.1, -0.05) is 18.2 Å². The van der Waals surface area contributed by atoms with Crippen LogP contribution in [0.25, 0.3) is 0 Å². The molecule has 1 aliphatic heterocycles. The molecular weight excluding hydrogens is 337 g/mol. The number of hydrogen-bond donors (Lipinski definition) is 1. The quantitative estimate of drug-likeness (QED) is 0.865. The molecule has 23 heavy (non-hydrogen) atoms. The van der Waals surface area contributed by atoms with Gasteiger partial charge in [0.05, 0.1) is 17.9 Å². The Labute approximate surface area is 131 Å². The second kappa shape index (κ2) is 6.46. The van der Waals surface area contributed by atoms with E-state index in [4.69, 9.17) is 10.5 Å². The first-order valence-corrected chi connectivity index (χ1v) is 8.25. The van der Waals surface area contributed by atoms with Gasteiger partial charge in [0.1, 0.15) is 6.10 Å². The molecule has 10 heteroatoms. The largest absolute Gasteiger partial charge is 0.416 e. The van der Waals surface area contributed by atoms with Crippen molar-refractivity contribution < 1.29 is 31.1 Å². The highest BCUT2D eigenvalue weighted by Gasteiger charge is 2.33. The maximum atomic E-state index is 12.7. The van der Waals surface area contributed by atoms with E-state index in [-0.39, 0.29) is 25.3 Å². The third-order valence-corrected chi connectivity index (χ3v) is 5.16. The van der Waals surface area contributed by atoms with Gasteiger partial charge in [-0.15, -0.1) is 0 Å². The number of sulfonamides is 1. The van der Waals surface area contributed by atoms with Crippen molar-refractivity contribution in [3.8, 4) is 0 Å². The summed E-state index contributed by atoms with van der Waals surface area (Å²) in [5, 5.41) is 0. The van der Waals surface area contributed by atoms with Crippen molar-refractivity contribution in [2.45, 2.75) is 18.0 Å². The van der Waals surface area contributed by atoms with Crippen molar-refractivity contribution in [2.24, 2.45) is 5.73 Å². The molecule has 128 valence electrons. The average Bonchev–Trinajstić information content (AvgIpc) is 2.46. The van der Waals surface area contributed by atoms with Crippen LogP contribution in [0.2, 0.25) is 0 Å². The molecule has 0 saturated carbocycles. The van der Waals surface area contributed by atoms with Crippen LogP contribution in [0, 0.1) is 0 Å². The molecule has 0 aliphatic carbocycles. The Kier molecular flexibility index (Phi) is 4.97. The summed E-state index contributed by atoms with van der Waals surface area (Å²) in [7, 11) is -3.89. The number of carbonyl (C=O) groups excluding carboxylic acids is 1. The van der Waals surface area contributed by atoms with Crippen LogP contribution in [-0.4, -0.2) is 44.4 Å². The van der Waals surface area contributed by atoms with Gasteiger partial charge in [-0.25, -0.2) is 8.42 Å². The standard InChI is InChI=1S/C13H15F3N2O4S/c14-13(15,16)10-3-1-2-9(6-10)8-23(20,21)18-4-5-22-11(7-18)12(17)19/h1-3,6,11H,4-5,7-8H2,(H2,17,19). The third-order valence-electron chi connectivity index (χ3n) is 3.34. The maximum absolute atomic E-state index is 12.7. The van der Waals surface area contributed by atoms with Gasteiger partial charge in [-0.05, 0) is 11.6 Å². The Morgan fingerprint density at radius 2 is 2.09 bits per heavy atom. The molecule has 1 amide bonds. The predicted octanol–water partition coefficient (Wildman–Crippen LogP) is 0.721. The van der Waals surface area contributed by atoms with Crippen molar-refractivity contribution in [3.05, 3.63) is 35.4 Å². The van der Waals surface area contributed by atoms with Crippen LogP contribution in [-0.2, 0) is 31.5 Å². The Balaban J connectivity index is 2.17. The molecular formula is C13H15F3N2O4S. The van der Waals surface area contributed by atoms with Crippen molar-refractivity contribution in [2.75, 3.05) is 19.7 Å². The van der Waals surface area contributed by atoms with E-state index < -0.39 is 39.5 Å². The van der Waals surface area contributed by atoms with Crippen molar-refractivity contribution in [1.82, 2.24) is 4.31 Å². The molecule has 2 N–H and O–H groups in total. The van der Waals surface area contributed by atoms with Gasteiger partial charge in [0, 0.05) is 13.1 Å². The lowest BCUT2D eigenvalue weighted by atomic mass is 10.1. The number of morpholine rings is 1. The number of benzene rings is 1. The summed E-state index contributed by atoms with van der Waals surface area (Å²) in [6, 6.07) is 4.12. The number of alkyl halides is 3. The van der Waals surface area contributed by atoms with E-state index in [1.165, 1.54) is 6.07 Å². The molecule has 1 aromatic carbocycles. The lowest BCUT2D eigenvalue weighted by molar-refractivity contribution is -0.137. The van der Waals surface area contributed by atoms with Gasteiger partial charge in [0.25, 0.3) is 0 Å². The molecule has 0 spiro atoms. The highest BCUT2D eigenvalue weighted by molar-refractivity contribution is 7.88. The number of hydrogen-bond acceptors (Lipinski definition) is 4. The average molecular weight is 352 g/mol. The summed E-state index contributed by atoms with van der Waals surface area (Å²) >= 11 is 0. The maximum Gasteiger partial charge on any atom is 0.416 e. The summed E-state index contributed by atoms with van der Waals surface area (Å²) < 4.78 is 68.7. The second-order valence-electron chi connectivity index (χ2n) is 5.07. The Bertz CT molecular complexity index is 691. The third kappa shape index (κ3) is 4.43. The fourth-order valence-electron chi connectivity index (χ4n) is 2.19. The lowest BCUT2D eigenvalue weighted by Gasteiger charge is -2.30. The number of rotatable bonds is 4. The molecule has 1 unspecified atom stereocenters. The summed E-state index contributed by atoms with van der Waals surface area (Å²) in [6.07, 6.45) is -5.60. The fourth-order valence-corrected chi connectivity index (χ4v) is 3.69. The van der Waals surface area contributed by atoms with E-state index >= 15 is 0 Å². The summed E-state index contributed by atoms with van der Waals surface area (Å²) in [4.78, 5) is 11.1. The first-order valence-electron chi connectivity index (χ1n) is 6.64. The van der Waals surface area contributed by atoms with E-state index in [9.17, 15) is 26.4 Å². The normalized spacial score (nSPS) is 20.4. The number of amides is 1. The number of ether oxygens (including phenoxy) is 1. The molecule has 1 saturated heterocycles. The molecule has 1 heterocycles. The van der Waals surface area contributed by atoms with Crippen LogP contribution in [0.1, 0.15) is 11.1 Å². The Hall–Kier alpha value is -1.65. The van der Waals surface area contributed by atoms with E-state index in [1.54, 1.807) is 0 Å². The molecule has 0 radical (unpaired) electrons. The summed E-state index contributed by atoms with van der Waals surface area (Å²) in [5.74, 6) is -1.38. The molecule has 1 fully saturated rings. The van der Waals surface area contributed by atoms with Gasteiger partial charge in [0.2, 0.25) is 15.9 Å². The van der Waals surface area contributed by atoms with Crippen LogP contribution in [0.5, 0.6) is 0 Å². The molecule has 6 nitrogen and oxygen atoms in total. The van der Waals surface area contributed by atoms with E-state index in [0.717, 1.165) is 22.5 Å². The second-order valence-corrected chi connectivity index (χ2v) is 7.04. The zero-order chi connectivity index (χ0) is 17.3. The Morgan fingerprint density at radius 3 is 2.70 bits per heavy atom. The van der Waals surface area contributed by atoms with Gasteiger partial charge >= 0.3 is 6.18 Å². The van der Waals surface area contributed by atoms with Gasteiger partial charge in [-0.2, -0.15) is 17.5 Å². The molecule has 1 aliphatic rings. The predicted molar refractivity (Wildman–Crippen MR) is 74.6 cm³/mol. The van der Waals surface area contributed by atoms with Gasteiger partial charge in [-0.3, -0.25) is 4.79 Å². The summed E-state index contributed by atoms with van der Waals surface area (Å²) in [5.41, 5.74) is 4.18. The van der Waals surface area contributed by atoms with E-state index in [0.29, 0.717) is 0 Å². The smallest absolute Gasteiger partial charge is 0.367 e. The van der Waals surface area contributed by atoms with E-state index in [1.807, 2.05) is 0 Å². The minimum atomic E-state index is -4.55. The minimum Gasteiger partial charge on any atom is -0.367 e. The molecule has 1 atom stereocenters. The first-order chi connectivity index (χ1) is 10.6. The highest BCUT2D eigenvalue weighted by Crippen LogP contribution is 2.30. The zero-order valence-corrected chi connectivity index (χ0v) is 12.7. The number of carbonyl (C=O) groups is 1. The molecule has 0 aromatic heterocycles. The van der Waals surface area contributed by atoms with Crippen molar-refractivity contribution in [3.63, 3.8) is 0 Å². The minimum absolute atomic E-state index is 0.00454. The number of primary amides is 1. The van der Waals surface area contributed by atoms with Gasteiger partial charge in [0.15, 0.2) is 0 Å². The topological polar surface area (TPSA) is 89.7 Å². The fraction of sp³-hybridized carbons (Fsp3) is 0.462. The SMILES string of the molecule is NC(=O)C1CN(S(=O)(=O)Cc2cccc(C(F)(F)F)c2)CCO1. The molecule has 2 rings (SSSR count). The number of nitrogens with two attached hydrogens (primary N) is 1. The zero-order valence-electron chi connectivity index (χ0n) is 11.9. The monoisotopic (exact) mass is 352 g/mol. The van der Waals surface area contributed by atoms with Crippen LogP contribution in [0.15, 0.2) is 24.3 Å². The number of nitrogens with zero attached hydrogens (tertiary/aromatic N) is 1. The lowest BCUT2D eigenvalue weighted by Crippen LogP contribution is -2.50. The molecule has 0 bridgehead atoms. The molecule has 1 aromatic rings. The first kappa shape index (κ1) is 17.7. The van der Waals surface area contributed by atoms with Crippen molar-refractivity contribution >= 4 is 15.9 Å². The van der Waals surface area contributed by atoms with Crippen LogP contribution in [0.3, 0.4) is 0 Å². The van der Waals surface area contributed by atoms with Crippen LogP contribution < -0.4 is 5.73 Å². The number of halogens is 3. The van der Waals surface area contributed by atoms with Crippen LogP contribution >= 0.6 is 0 Å². The summed E-state index contributed by atoms with van der Waals surface area (Å²) in [6.45, 7) is -0.225. The van der Waals surface area contributed by atoms with E-state index in [2.05, 4.69) is 0 Å². The van der Waals surface area contributed by atoms with Gasteiger partial charge < -0.3 is 10.5 Å². The van der Waals surface area contributed by atoms with Crippen molar-refractivity contribution in [1.29, 1.82) is 0 Å². The van der Waals surface area contributed by atoms with Crippen LogP contribution in [0.4, 0.5) is 13.2 Å². The highest BCUT2D eigenvalue weighted by atomic mass is 32.2.